The first-order valence-electron chi connectivity index (χ1n) is 8.41. The van der Waals surface area contributed by atoms with Gasteiger partial charge in [0.25, 0.3) is 5.56 Å². The minimum atomic E-state index is -0.302. The summed E-state index contributed by atoms with van der Waals surface area (Å²) in [7, 11) is 0. The molecule has 0 bridgehead atoms. The van der Waals surface area contributed by atoms with Gasteiger partial charge in [-0.1, -0.05) is 47.1 Å². The first-order chi connectivity index (χ1) is 14.0. The Hall–Kier alpha value is -2.81. The van der Waals surface area contributed by atoms with Crippen molar-refractivity contribution in [1.29, 1.82) is 0 Å². The molecule has 2 aromatic carbocycles. The highest BCUT2D eigenvalue weighted by Gasteiger charge is 2.16. The van der Waals surface area contributed by atoms with Crippen LogP contribution in [-0.4, -0.2) is 31.4 Å². The molecule has 7 nitrogen and oxygen atoms in total. The number of aromatic amines is 1. The van der Waals surface area contributed by atoms with Gasteiger partial charge in [-0.3, -0.25) is 19.3 Å². The van der Waals surface area contributed by atoms with Gasteiger partial charge in [0.1, 0.15) is 5.39 Å². The van der Waals surface area contributed by atoms with Gasteiger partial charge in [-0.05, 0) is 36.4 Å². The summed E-state index contributed by atoms with van der Waals surface area (Å²) in [6.45, 7) is 0. The standard InChI is InChI=1S/C19H13Cl2N5O2S/c20-11-3-1-5-13(7-11)23-16(27)10-29-19-24-17-15(9-22-25-17)18(28)26(19)14-6-2-4-12(21)8-14/h1-9H,10H2,(H,22,25)(H,23,27). The number of fused-ring (bicyclic) bond motifs is 1. The van der Waals surface area contributed by atoms with E-state index in [2.05, 4.69) is 20.5 Å². The predicted molar refractivity (Wildman–Crippen MR) is 115 cm³/mol. The van der Waals surface area contributed by atoms with Gasteiger partial charge < -0.3 is 5.32 Å². The Morgan fingerprint density at radius 3 is 2.66 bits per heavy atom. The molecule has 4 aromatic rings. The number of hydrogen-bond acceptors (Lipinski definition) is 5. The van der Waals surface area contributed by atoms with Crippen molar-refractivity contribution in [3.05, 3.63) is 75.1 Å². The van der Waals surface area contributed by atoms with Crippen LogP contribution in [0.1, 0.15) is 0 Å². The quantitative estimate of drug-likeness (QED) is 0.355. The van der Waals surface area contributed by atoms with Crippen LogP contribution in [0.4, 0.5) is 5.69 Å². The van der Waals surface area contributed by atoms with Crippen LogP contribution in [0.2, 0.25) is 10.0 Å². The van der Waals surface area contributed by atoms with Gasteiger partial charge in [-0.2, -0.15) is 5.10 Å². The second-order valence-electron chi connectivity index (χ2n) is 5.99. The zero-order valence-corrected chi connectivity index (χ0v) is 17.1. The number of nitrogens with zero attached hydrogens (tertiary/aromatic N) is 3. The van der Waals surface area contributed by atoms with Crippen LogP contribution in [0, 0.1) is 0 Å². The molecular weight excluding hydrogens is 433 g/mol. The largest absolute Gasteiger partial charge is 0.325 e. The molecule has 2 aromatic heterocycles. The normalized spacial score (nSPS) is 11.0. The zero-order chi connectivity index (χ0) is 20.4. The Balaban J connectivity index is 1.65. The van der Waals surface area contributed by atoms with Crippen molar-refractivity contribution in [2.75, 3.05) is 11.1 Å². The van der Waals surface area contributed by atoms with Crippen LogP contribution < -0.4 is 10.9 Å². The molecule has 10 heteroatoms. The van der Waals surface area contributed by atoms with E-state index in [4.69, 9.17) is 23.2 Å². The maximum Gasteiger partial charge on any atom is 0.269 e. The molecule has 0 aliphatic rings. The number of nitrogens with one attached hydrogen (secondary N) is 2. The third kappa shape index (κ3) is 4.29. The highest BCUT2D eigenvalue weighted by atomic mass is 35.5. The van der Waals surface area contributed by atoms with Crippen LogP contribution in [0.5, 0.6) is 0 Å². The van der Waals surface area contributed by atoms with Gasteiger partial charge >= 0.3 is 0 Å². The topological polar surface area (TPSA) is 92.7 Å². The van der Waals surface area contributed by atoms with Gasteiger partial charge in [0.05, 0.1) is 17.6 Å². The van der Waals surface area contributed by atoms with E-state index in [1.807, 2.05) is 0 Å². The molecule has 1 amide bonds. The summed E-state index contributed by atoms with van der Waals surface area (Å²) in [6.07, 6.45) is 1.42. The Morgan fingerprint density at radius 2 is 1.90 bits per heavy atom. The molecule has 0 saturated carbocycles. The second-order valence-corrected chi connectivity index (χ2v) is 7.81. The monoisotopic (exact) mass is 445 g/mol. The lowest BCUT2D eigenvalue weighted by molar-refractivity contribution is -0.113. The third-order valence-electron chi connectivity index (χ3n) is 3.96. The lowest BCUT2D eigenvalue weighted by Crippen LogP contribution is -2.22. The molecule has 0 atom stereocenters. The van der Waals surface area contributed by atoms with E-state index >= 15 is 0 Å². The molecule has 0 radical (unpaired) electrons. The number of aromatic nitrogens is 4. The number of H-pyrrole nitrogens is 1. The molecule has 0 saturated heterocycles. The Kier molecular flexibility index (Phi) is 5.57. The molecule has 29 heavy (non-hydrogen) atoms. The Morgan fingerprint density at radius 1 is 1.14 bits per heavy atom. The maximum atomic E-state index is 13.0. The number of amides is 1. The highest BCUT2D eigenvalue weighted by Crippen LogP contribution is 2.23. The number of halogens is 2. The van der Waals surface area contributed by atoms with Crippen molar-refractivity contribution in [1.82, 2.24) is 19.7 Å². The molecule has 0 aliphatic carbocycles. The molecule has 2 heterocycles. The number of carbonyl (C=O) groups excluding carboxylic acids is 1. The molecule has 0 unspecified atom stereocenters. The fourth-order valence-electron chi connectivity index (χ4n) is 2.71. The van der Waals surface area contributed by atoms with E-state index in [1.165, 1.54) is 10.8 Å². The van der Waals surface area contributed by atoms with Gasteiger partial charge in [0.15, 0.2) is 10.8 Å². The fraction of sp³-hybridized carbons (Fsp3) is 0.0526. The number of rotatable bonds is 5. The van der Waals surface area contributed by atoms with Crippen LogP contribution in [0.3, 0.4) is 0 Å². The van der Waals surface area contributed by atoms with Crippen molar-refractivity contribution < 1.29 is 4.79 Å². The molecular formula is C19H13Cl2N5O2S. The van der Waals surface area contributed by atoms with Gasteiger partial charge in [-0.25, -0.2) is 4.98 Å². The average molecular weight is 446 g/mol. The number of hydrogen-bond donors (Lipinski definition) is 2. The van der Waals surface area contributed by atoms with Gasteiger partial charge in [0.2, 0.25) is 5.91 Å². The van der Waals surface area contributed by atoms with Crippen molar-refractivity contribution in [2.45, 2.75) is 5.16 Å². The van der Waals surface area contributed by atoms with Crippen molar-refractivity contribution in [3.8, 4) is 5.69 Å². The predicted octanol–water partition coefficient (Wildman–Crippen LogP) is 4.15. The molecule has 2 N–H and O–H groups in total. The minimum absolute atomic E-state index is 0.0408. The summed E-state index contributed by atoms with van der Waals surface area (Å²) in [5.74, 6) is -0.215. The number of carbonyl (C=O) groups is 1. The van der Waals surface area contributed by atoms with Crippen molar-refractivity contribution >= 4 is 57.6 Å². The number of benzene rings is 2. The van der Waals surface area contributed by atoms with E-state index in [0.29, 0.717) is 37.6 Å². The molecule has 0 fully saturated rings. The Bertz CT molecular complexity index is 1270. The summed E-state index contributed by atoms with van der Waals surface area (Å²) in [5.41, 5.74) is 1.19. The zero-order valence-electron chi connectivity index (χ0n) is 14.7. The second kappa shape index (κ2) is 8.28. The van der Waals surface area contributed by atoms with Crippen molar-refractivity contribution in [2.24, 2.45) is 0 Å². The van der Waals surface area contributed by atoms with Crippen molar-refractivity contribution in [3.63, 3.8) is 0 Å². The molecule has 0 aliphatic heterocycles. The summed E-state index contributed by atoms with van der Waals surface area (Å²) in [4.78, 5) is 29.8. The van der Waals surface area contributed by atoms with Crippen LogP contribution in [0.15, 0.2) is 64.7 Å². The SMILES string of the molecule is O=C(CSc1nc2[nH]ncc2c(=O)n1-c1cccc(Cl)c1)Nc1cccc(Cl)c1. The third-order valence-corrected chi connectivity index (χ3v) is 5.37. The van der Waals surface area contributed by atoms with Gasteiger partial charge in [-0.15, -0.1) is 0 Å². The highest BCUT2D eigenvalue weighted by molar-refractivity contribution is 7.99. The summed E-state index contributed by atoms with van der Waals surface area (Å²) >= 11 is 13.2. The van der Waals surface area contributed by atoms with E-state index in [-0.39, 0.29) is 17.2 Å². The number of thioether (sulfide) groups is 1. The lowest BCUT2D eigenvalue weighted by atomic mass is 10.3. The summed E-state index contributed by atoms with van der Waals surface area (Å²) in [6, 6.07) is 13.7. The average Bonchev–Trinajstić information content (AvgIpc) is 3.15. The van der Waals surface area contributed by atoms with Crippen LogP contribution >= 0.6 is 35.0 Å². The summed E-state index contributed by atoms with van der Waals surface area (Å²) in [5, 5.41) is 11.0. The summed E-state index contributed by atoms with van der Waals surface area (Å²) < 4.78 is 1.42. The first kappa shape index (κ1) is 19.5. The van der Waals surface area contributed by atoms with E-state index < -0.39 is 0 Å². The van der Waals surface area contributed by atoms with Gasteiger partial charge in [0, 0.05) is 15.7 Å². The minimum Gasteiger partial charge on any atom is -0.325 e. The van der Waals surface area contributed by atoms with Crippen LogP contribution in [0.25, 0.3) is 16.7 Å². The first-order valence-corrected chi connectivity index (χ1v) is 10.2. The van der Waals surface area contributed by atoms with E-state index in [0.717, 1.165) is 11.8 Å². The molecule has 146 valence electrons. The number of anilines is 1. The van der Waals surface area contributed by atoms with E-state index in [9.17, 15) is 9.59 Å². The fourth-order valence-corrected chi connectivity index (χ4v) is 3.89. The molecule has 0 spiro atoms. The van der Waals surface area contributed by atoms with E-state index in [1.54, 1.807) is 48.5 Å². The van der Waals surface area contributed by atoms with Crippen LogP contribution in [-0.2, 0) is 4.79 Å². The Labute approximate surface area is 179 Å². The maximum absolute atomic E-state index is 13.0. The molecule has 4 rings (SSSR count). The smallest absolute Gasteiger partial charge is 0.269 e. The lowest BCUT2D eigenvalue weighted by Gasteiger charge is -2.12.